The Balaban J connectivity index is 1.45. The molecule has 1 fully saturated rings. The lowest BCUT2D eigenvalue weighted by Crippen LogP contribution is -2.43. The quantitative estimate of drug-likeness (QED) is 0.676. The van der Waals surface area contributed by atoms with Gasteiger partial charge < -0.3 is 10.1 Å². The highest BCUT2D eigenvalue weighted by Crippen LogP contribution is 2.18. The zero-order valence-electron chi connectivity index (χ0n) is 16.5. The first-order valence-corrected chi connectivity index (χ1v) is 9.61. The fourth-order valence-electron chi connectivity index (χ4n) is 3.11. The molecule has 0 saturated carbocycles. The van der Waals surface area contributed by atoms with Crippen LogP contribution in [0.25, 0.3) is 0 Å². The Kier molecular flexibility index (Phi) is 6.79. The van der Waals surface area contributed by atoms with E-state index in [1.807, 2.05) is 37.3 Å². The van der Waals surface area contributed by atoms with Gasteiger partial charge in [0.2, 0.25) is 5.91 Å². The monoisotopic (exact) mass is 409 g/mol. The van der Waals surface area contributed by atoms with Gasteiger partial charge >= 0.3 is 5.97 Å². The molecule has 1 heterocycles. The number of amides is 3. The molecule has 30 heavy (non-hydrogen) atoms. The number of nitrogens with zero attached hydrogens (tertiary/aromatic N) is 1. The first-order chi connectivity index (χ1) is 14.4. The van der Waals surface area contributed by atoms with Gasteiger partial charge in [-0.05, 0) is 24.6 Å². The van der Waals surface area contributed by atoms with E-state index in [4.69, 9.17) is 4.74 Å². The molecule has 1 aliphatic heterocycles. The van der Waals surface area contributed by atoms with Gasteiger partial charge in [0.05, 0.1) is 18.5 Å². The Labute approximate surface area is 174 Å². The summed E-state index contributed by atoms with van der Waals surface area (Å²) in [5, 5.41) is 3.86. The van der Waals surface area contributed by atoms with Crippen LogP contribution in [0.15, 0.2) is 60.7 Å². The molecule has 156 valence electrons. The van der Waals surface area contributed by atoms with Gasteiger partial charge in [0, 0.05) is 12.0 Å². The molecule has 2 aromatic rings. The Bertz CT molecular complexity index is 917. The summed E-state index contributed by atoms with van der Waals surface area (Å²) >= 11 is 0. The number of nitrogens with one attached hydrogen (secondary N) is 2. The highest BCUT2D eigenvalue weighted by atomic mass is 16.5. The molecule has 3 rings (SSSR count). The van der Waals surface area contributed by atoms with E-state index in [2.05, 4.69) is 10.7 Å². The molecular weight excluding hydrogens is 386 g/mol. The van der Waals surface area contributed by atoms with Gasteiger partial charge in [-0.2, -0.15) is 0 Å². The summed E-state index contributed by atoms with van der Waals surface area (Å²) in [6, 6.07) is 17.6. The smallest absolute Gasteiger partial charge is 0.311 e. The molecule has 3 amide bonds. The van der Waals surface area contributed by atoms with E-state index >= 15 is 0 Å². The third kappa shape index (κ3) is 5.44. The average Bonchev–Trinajstić information content (AvgIpc) is 3.13. The number of hydrogen-bond donors (Lipinski definition) is 2. The molecule has 8 nitrogen and oxygen atoms in total. The Morgan fingerprint density at radius 2 is 1.70 bits per heavy atom. The van der Waals surface area contributed by atoms with Crippen molar-refractivity contribution in [3.05, 3.63) is 71.8 Å². The molecule has 8 heteroatoms. The highest BCUT2D eigenvalue weighted by Gasteiger charge is 2.36. The lowest BCUT2D eigenvalue weighted by molar-refractivity contribution is -0.152. The van der Waals surface area contributed by atoms with E-state index in [0.717, 1.165) is 10.6 Å². The first-order valence-electron chi connectivity index (χ1n) is 9.61. The van der Waals surface area contributed by atoms with Crippen LogP contribution in [0, 0.1) is 5.92 Å². The summed E-state index contributed by atoms with van der Waals surface area (Å²) in [5.41, 5.74) is 3.83. The van der Waals surface area contributed by atoms with Crippen molar-refractivity contribution in [1.82, 2.24) is 15.8 Å². The number of ether oxygens (including phenoxy) is 1. The zero-order valence-corrected chi connectivity index (χ0v) is 16.5. The van der Waals surface area contributed by atoms with Crippen molar-refractivity contribution in [1.29, 1.82) is 0 Å². The van der Waals surface area contributed by atoms with Gasteiger partial charge in [0.25, 0.3) is 11.8 Å². The summed E-state index contributed by atoms with van der Waals surface area (Å²) in [4.78, 5) is 48.6. The first kappa shape index (κ1) is 21.0. The van der Waals surface area contributed by atoms with Crippen LogP contribution in [-0.2, 0) is 19.1 Å². The van der Waals surface area contributed by atoms with E-state index in [-0.39, 0.29) is 24.9 Å². The number of carbonyl (C=O) groups is 4. The van der Waals surface area contributed by atoms with Crippen molar-refractivity contribution >= 4 is 23.7 Å². The van der Waals surface area contributed by atoms with Crippen molar-refractivity contribution < 1.29 is 23.9 Å². The van der Waals surface area contributed by atoms with Crippen LogP contribution in [-0.4, -0.2) is 41.9 Å². The predicted molar refractivity (Wildman–Crippen MR) is 108 cm³/mol. The number of rotatable bonds is 7. The highest BCUT2D eigenvalue weighted by molar-refractivity contribution is 5.96. The maximum Gasteiger partial charge on any atom is 0.311 e. The van der Waals surface area contributed by atoms with Crippen molar-refractivity contribution in [3.8, 4) is 0 Å². The van der Waals surface area contributed by atoms with Gasteiger partial charge in [-0.1, -0.05) is 48.5 Å². The molecule has 0 unspecified atom stereocenters. The third-order valence-electron chi connectivity index (χ3n) is 4.75. The van der Waals surface area contributed by atoms with Crippen LogP contribution in [0.2, 0.25) is 0 Å². The average molecular weight is 409 g/mol. The van der Waals surface area contributed by atoms with Crippen molar-refractivity contribution in [2.45, 2.75) is 19.4 Å². The van der Waals surface area contributed by atoms with Gasteiger partial charge in [-0.25, -0.2) is 0 Å². The topological polar surface area (TPSA) is 105 Å². The molecule has 0 radical (unpaired) electrons. The Morgan fingerprint density at radius 3 is 2.37 bits per heavy atom. The summed E-state index contributed by atoms with van der Waals surface area (Å²) in [6.07, 6.45) is -0.0874. The summed E-state index contributed by atoms with van der Waals surface area (Å²) in [5.74, 6) is -2.65. The van der Waals surface area contributed by atoms with E-state index < -0.39 is 30.3 Å². The lowest BCUT2D eigenvalue weighted by Gasteiger charge is -2.17. The van der Waals surface area contributed by atoms with E-state index in [9.17, 15) is 19.2 Å². The summed E-state index contributed by atoms with van der Waals surface area (Å²) in [7, 11) is 0. The largest absolute Gasteiger partial charge is 0.455 e. The lowest BCUT2D eigenvalue weighted by atomic mass is 10.1. The maximum absolute atomic E-state index is 12.3. The molecule has 2 atom stereocenters. The normalized spacial score (nSPS) is 16.6. The minimum absolute atomic E-state index is 0.00171. The summed E-state index contributed by atoms with van der Waals surface area (Å²) < 4.78 is 5.07. The van der Waals surface area contributed by atoms with E-state index in [1.54, 1.807) is 30.3 Å². The van der Waals surface area contributed by atoms with Crippen molar-refractivity contribution in [3.63, 3.8) is 0 Å². The van der Waals surface area contributed by atoms with Crippen LogP contribution in [0.3, 0.4) is 0 Å². The molecular formula is C22H23N3O5. The molecule has 0 bridgehead atoms. The molecule has 2 aromatic carbocycles. The number of benzene rings is 2. The van der Waals surface area contributed by atoms with Gasteiger partial charge in [0.1, 0.15) is 0 Å². The minimum atomic E-state index is -0.743. The van der Waals surface area contributed by atoms with Crippen LogP contribution < -0.4 is 10.7 Å². The Hall–Kier alpha value is -3.68. The van der Waals surface area contributed by atoms with Crippen LogP contribution >= 0.6 is 0 Å². The van der Waals surface area contributed by atoms with E-state index in [0.29, 0.717) is 5.56 Å². The number of hydrazine groups is 1. The molecule has 0 spiro atoms. The van der Waals surface area contributed by atoms with Crippen LogP contribution in [0.5, 0.6) is 0 Å². The number of esters is 1. The van der Waals surface area contributed by atoms with Crippen LogP contribution in [0.1, 0.15) is 35.3 Å². The predicted octanol–water partition coefficient (Wildman–Crippen LogP) is 1.60. The molecule has 2 N–H and O–H groups in total. The van der Waals surface area contributed by atoms with Gasteiger partial charge in [-0.3, -0.25) is 29.6 Å². The van der Waals surface area contributed by atoms with Crippen molar-refractivity contribution in [2.75, 3.05) is 13.2 Å². The number of hydrogen-bond acceptors (Lipinski definition) is 5. The zero-order chi connectivity index (χ0) is 21.5. The third-order valence-corrected chi connectivity index (χ3v) is 4.75. The molecule has 0 aliphatic carbocycles. The molecule has 1 aliphatic rings. The standard InChI is InChI=1S/C22H23N3O5/c1-15(16-8-4-2-5-9-16)23-19(26)14-30-22(29)18-12-20(27)25(13-18)24-21(28)17-10-6-3-7-11-17/h2-11,15,18H,12-14H2,1H3,(H,23,26)(H,24,28)/t15-,18+/m0/s1. The van der Waals surface area contributed by atoms with Gasteiger partial charge in [-0.15, -0.1) is 0 Å². The maximum atomic E-state index is 12.3. The van der Waals surface area contributed by atoms with Crippen molar-refractivity contribution in [2.24, 2.45) is 5.92 Å². The minimum Gasteiger partial charge on any atom is -0.455 e. The summed E-state index contributed by atoms with van der Waals surface area (Å²) in [6.45, 7) is 1.40. The number of carbonyl (C=O) groups excluding carboxylic acids is 4. The fourth-order valence-corrected chi connectivity index (χ4v) is 3.11. The second-order valence-electron chi connectivity index (χ2n) is 7.02. The van der Waals surface area contributed by atoms with E-state index in [1.165, 1.54) is 0 Å². The molecule has 0 aromatic heterocycles. The second kappa shape index (κ2) is 9.69. The van der Waals surface area contributed by atoms with Crippen LogP contribution in [0.4, 0.5) is 0 Å². The molecule has 1 saturated heterocycles. The fraction of sp³-hybridized carbons (Fsp3) is 0.273. The second-order valence-corrected chi connectivity index (χ2v) is 7.02. The van der Waals surface area contributed by atoms with Gasteiger partial charge in [0.15, 0.2) is 6.61 Å². The SMILES string of the molecule is C[C@H](NC(=O)COC(=O)[C@@H]1CC(=O)N(NC(=O)c2ccccc2)C1)c1ccccc1. The Morgan fingerprint density at radius 1 is 1.07 bits per heavy atom.